The molecule has 1 aliphatic heterocycles. The lowest BCUT2D eigenvalue weighted by atomic mass is 10.2. The van der Waals surface area contributed by atoms with Gasteiger partial charge in [-0.25, -0.2) is 9.78 Å². The Bertz CT molecular complexity index is 290. The van der Waals surface area contributed by atoms with Gasteiger partial charge in [0.2, 0.25) is 0 Å². The molecular formula is C8H11N3O2. The summed E-state index contributed by atoms with van der Waals surface area (Å²) in [5.41, 5.74) is 0. The number of ether oxygens (including phenoxy) is 1. The van der Waals surface area contributed by atoms with Crippen LogP contribution in [0.2, 0.25) is 0 Å². The van der Waals surface area contributed by atoms with Gasteiger partial charge in [0.05, 0.1) is 19.2 Å². The van der Waals surface area contributed by atoms with E-state index in [0.29, 0.717) is 13.1 Å². The van der Waals surface area contributed by atoms with E-state index in [-0.39, 0.29) is 12.1 Å². The van der Waals surface area contributed by atoms with Gasteiger partial charge < -0.3 is 9.64 Å². The summed E-state index contributed by atoms with van der Waals surface area (Å²) in [5, 5.41) is 0. The summed E-state index contributed by atoms with van der Waals surface area (Å²) < 4.78 is 6.53. The molecule has 13 heavy (non-hydrogen) atoms. The minimum Gasteiger partial charge on any atom is -0.378 e. The molecule has 2 heterocycles. The van der Waals surface area contributed by atoms with Crippen molar-refractivity contribution < 1.29 is 9.53 Å². The van der Waals surface area contributed by atoms with Gasteiger partial charge in [0.25, 0.3) is 0 Å². The van der Waals surface area contributed by atoms with E-state index in [1.807, 2.05) is 0 Å². The molecule has 70 valence electrons. The summed E-state index contributed by atoms with van der Waals surface area (Å²) in [6, 6.07) is -0.0363. The first-order chi connectivity index (χ1) is 6.31. The van der Waals surface area contributed by atoms with Crippen LogP contribution in [0.3, 0.4) is 0 Å². The van der Waals surface area contributed by atoms with Gasteiger partial charge in [-0.3, -0.25) is 4.57 Å². The third-order valence-corrected chi connectivity index (χ3v) is 2.18. The summed E-state index contributed by atoms with van der Waals surface area (Å²) in [6.45, 7) is 1.35. The van der Waals surface area contributed by atoms with Crippen molar-refractivity contribution in [1.82, 2.24) is 14.5 Å². The number of nitrogens with zero attached hydrogens (tertiary/aromatic N) is 3. The highest BCUT2D eigenvalue weighted by Gasteiger charge is 2.30. The normalized spacial score (nSPS) is 17.2. The van der Waals surface area contributed by atoms with E-state index in [2.05, 4.69) is 4.98 Å². The molecule has 5 nitrogen and oxygen atoms in total. The van der Waals surface area contributed by atoms with Crippen LogP contribution >= 0.6 is 0 Å². The number of likely N-dealkylation sites (tertiary alicyclic amines) is 1. The number of methoxy groups -OCH3 is 1. The average Bonchev–Trinajstić information content (AvgIpc) is 2.53. The molecule has 0 aromatic carbocycles. The molecule has 0 unspecified atom stereocenters. The molecule has 1 amide bonds. The maximum Gasteiger partial charge on any atom is 0.329 e. The third-order valence-electron chi connectivity index (χ3n) is 2.18. The monoisotopic (exact) mass is 181 g/mol. The topological polar surface area (TPSA) is 47.4 Å². The van der Waals surface area contributed by atoms with Gasteiger partial charge in [-0.2, -0.15) is 0 Å². The van der Waals surface area contributed by atoms with E-state index in [0.717, 1.165) is 0 Å². The van der Waals surface area contributed by atoms with Gasteiger partial charge in [-0.05, 0) is 0 Å². The van der Waals surface area contributed by atoms with Gasteiger partial charge in [0, 0.05) is 19.5 Å². The van der Waals surface area contributed by atoms with Crippen LogP contribution in [0.5, 0.6) is 0 Å². The van der Waals surface area contributed by atoms with E-state index in [1.54, 1.807) is 24.4 Å². The van der Waals surface area contributed by atoms with Crippen LogP contribution in [0.25, 0.3) is 0 Å². The maximum absolute atomic E-state index is 11.5. The largest absolute Gasteiger partial charge is 0.378 e. The van der Waals surface area contributed by atoms with Crippen LogP contribution in [0.4, 0.5) is 4.79 Å². The van der Waals surface area contributed by atoms with E-state index in [1.165, 1.54) is 10.9 Å². The minimum absolute atomic E-state index is 0.0363. The minimum atomic E-state index is -0.0363. The molecule has 0 atom stereocenters. The fraction of sp³-hybridized carbons (Fsp3) is 0.500. The summed E-state index contributed by atoms with van der Waals surface area (Å²) in [7, 11) is 1.66. The molecule has 1 saturated heterocycles. The van der Waals surface area contributed by atoms with Crippen molar-refractivity contribution in [3.63, 3.8) is 0 Å². The Kier molecular flexibility index (Phi) is 2.02. The standard InChI is InChI=1S/C8H11N3O2/c1-13-7-4-11(5-7)8(12)10-3-2-9-6-10/h2-3,6-7H,4-5H2,1H3. The molecule has 1 fully saturated rings. The Hall–Kier alpha value is -1.36. The molecule has 0 bridgehead atoms. The zero-order valence-corrected chi connectivity index (χ0v) is 7.38. The van der Waals surface area contributed by atoms with E-state index in [9.17, 15) is 4.79 Å². The van der Waals surface area contributed by atoms with Gasteiger partial charge in [-0.1, -0.05) is 0 Å². The van der Waals surface area contributed by atoms with Crippen LogP contribution in [0.1, 0.15) is 0 Å². The van der Waals surface area contributed by atoms with Crippen LogP contribution in [0.15, 0.2) is 18.7 Å². The highest BCUT2D eigenvalue weighted by molar-refractivity contribution is 5.77. The summed E-state index contributed by atoms with van der Waals surface area (Å²) in [6.07, 6.45) is 4.93. The predicted molar refractivity (Wildman–Crippen MR) is 45.4 cm³/mol. The molecule has 0 N–H and O–H groups in total. The van der Waals surface area contributed by atoms with Gasteiger partial charge >= 0.3 is 6.03 Å². The molecule has 0 aliphatic carbocycles. The zero-order chi connectivity index (χ0) is 9.26. The Morgan fingerprint density at radius 2 is 2.38 bits per heavy atom. The van der Waals surface area contributed by atoms with Crippen LogP contribution < -0.4 is 0 Å². The smallest absolute Gasteiger partial charge is 0.329 e. The van der Waals surface area contributed by atoms with Crippen LogP contribution in [-0.4, -0.2) is 46.8 Å². The van der Waals surface area contributed by atoms with E-state index in [4.69, 9.17) is 4.74 Å². The number of carbonyl (C=O) groups is 1. The average molecular weight is 181 g/mol. The summed E-state index contributed by atoms with van der Waals surface area (Å²) in [5.74, 6) is 0. The Morgan fingerprint density at radius 3 is 2.92 bits per heavy atom. The van der Waals surface area contributed by atoms with Crippen molar-refractivity contribution in [1.29, 1.82) is 0 Å². The van der Waals surface area contributed by atoms with E-state index < -0.39 is 0 Å². The predicted octanol–water partition coefficient (Wildman–Crippen LogP) is 0.182. The molecule has 1 aromatic heterocycles. The number of aromatic nitrogens is 2. The van der Waals surface area contributed by atoms with Crippen molar-refractivity contribution in [2.45, 2.75) is 6.10 Å². The fourth-order valence-electron chi connectivity index (χ4n) is 1.28. The quantitative estimate of drug-likeness (QED) is 0.621. The van der Waals surface area contributed by atoms with E-state index >= 15 is 0 Å². The molecule has 1 aliphatic rings. The first-order valence-corrected chi connectivity index (χ1v) is 4.11. The van der Waals surface area contributed by atoms with Crippen molar-refractivity contribution >= 4 is 6.03 Å². The first-order valence-electron chi connectivity index (χ1n) is 4.11. The zero-order valence-electron chi connectivity index (χ0n) is 7.38. The summed E-state index contributed by atoms with van der Waals surface area (Å²) in [4.78, 5) is 17.1. The SMILES string of the molecule is COC1CN(C(=O)n2ccnc2)C1. The van der Waals surface area contributed by atoms with Crippen molar-refractivity contribution in [3.05, 3.63) is 18.7 Å². The highest BCUT2D eigenvalue weighted by atomic mass is 16.5. The van der Waals surface area contributed by atoms with Gasteiger partial charge in [-0.15, -0.1) is 0 Å². The third kappa shape index (κ3) is 1.42. The lowest BCUT2D eigenvalue weighted by Gasteiger charge is -2.37. The first kappa shape index (κ1) is 8.25. The Labute approximate surface area is 75.9 Å². The lowest BCUT2D eigenvalue weighted by Crippen LogP contribution is -2.55. The Morgan fingerprint density at radius 1 is 1.62 bits per heavy atom. The molecule has 1 aromatic rings. The number of carbonyl (C=O) groups excluding carboxylic acids is 1. The number of hydrogen-bond acceptors (Lipinski definition) is 3. The van der Waals surface area contributed by atoms with Crippen molar-refractivity contribution in [3.8, 4) is 0 Å². The number of amides is 1. The second kappa shape index (κ2) is 3.18. The van der Waals surface area contributed by atoms with Crippen molar-refractivity contribution in [2.24, 2.45) is 0 Å². The van der Waals surface area contributed by atoms with Crippen LogP contribution in [0, 0.1) is 0 Å². The van der Waals surface area contributed by atoms with Gasteiger partial charge in [0.1, 0.15) is 6.33 Å². The van der Waals surface area contributed by atoms with Gasteiger partial charge in [0.15, 0.2) is 0 Å². The molecule has 5 heteroatoms. The highest BCUT2D eigenvalue weighted by Crippen LogP contribution is 2.11. The summed E-state index contributed by atoms with van der Waals surface area (Å²) >= 11 is 0. The lowest BCUT2D eigenvalue weighted by molar-refractivity contribution is -0.00737. The number of imidazole rings is 1. The number of hydrogen-bond donors (Lipinski definition) is 0. The molecule has 0 saturated carbocycles. The molecule has 0 spiro atoms. The Balaban J connectivity index is 1.94. The van der Waals surface area contributed by atoms with Crippen molar-refractivity contribution in [2.75, 3.05) is 20.2 Å². The second-order valence-corrected chi connectivity index (χ2v) is 3.02. The second-order valence-electron chi connectivity index (χ2n) is 3.02. The molecule has 2 rings (SSSR count). The molecular weight excluding hydrogens is 170 g/mol. The maximum atomic E-state index is 11.5. The van der Waals surface area contributed by atoms with Crippen LogP contribution in [-0.2, 0) is 4.74 Å². The number of rotatable bonds is 1. The molecule has 0 radical (unpaired) electrons. The fourth-order valence-corrected chi connectivity index (χ4v) is 1.28.